The molecule has 2 atom stereocenters. The molecule has 32 heavy (non-hydrogen) atoms. The average molecular weight is 561 g/mol. The Bertz CT molecular complexity index is 664. The first-order valence-corrected chi connectivity index (χ1v) is 11.8. The van der Waals surface area contributed by atoms with Crippen molar-refractivity contribution in [3.63, 3.8) is 0 Å². The lowest BCUT2D eigenvalue weighted by Crippen LogP contribution is -2.42. The van der Waals surface area contributed by atoms with E-state index in [0.717, 1.165) is 91.2 Å². The highest BCUT2D eigenvalue weighted by atomic mass is 127. The van der Waals surface area contributed by atoms with E-state index in [1.165, 1.54) is 11.1 Å². The van der Waals surface area contributed by atoms with Crippen molar-refractivity contribution < 1.29 is 14.2 Å². The summed E-state index contributed by atoms with van der Waals surface area (Å²) in [6.45, 7) is 13.4. The molecule has 2 heterocycles. The minimum atomic E-state index is 0. The minimum Gasteiger partial charge on any atom is -0.381 e. The summed E-state index contributed by atoms with van der Waals surface area (Å²) in [5.41, 5.74) is 2.61. The third-order valence-corrected chi connectivity index (χ3v) is 5.82. The molecule has 2 aliphatic heterocycles. The second kappa shape index (κ2) is 15.8. The molecule has 2 fully saturated rings. The Hall–Kier alpha value is -0.940. The highest BCUT2D eigenvalue weighted by molar-refractivity contribution is 14.0. The summed E-state index contributed by atoms with van der Waals surface area (Å²) in [6, 6.07) is 9.05. The molecule has 2 unspecified atom stereocenters. The smallest absolute Gasteiger partial charge is 0.191 e. The van der Waals surface area contributed by atoms with Crippen molar-refractivity contribution in [2.45, 2.75) is 32.7 Å². The molecule has 0 aliphatic carbocycles. The monoisotopic (exact) mass is 560 g/mol. The Kier molecular flexibility index (Phi) is 13.5. The van der Waals surface area contributed by atoms with Gasteiger partial charge in [0.1, 0.15) is 0 Å². The maximum Gasteiger partial charge on any atom is 0.191 e. The standard InChI is InChI=1S/C24H40N4O3.HI/c1-3-25-24(26-9-5-12-30-18-21-8-13-31-19-21)27-17-23(28-10-14-29-15-11-28)22-7-4-6-20(2)16-22;/h4,6-7,16,21,23H,3,5,8-15,17-19H2,1-2H3,(H2,25,26,27);1H. The number of hydrogen-bond donors (Lipinski definition) is 2. The van der Waals surface area contributed by atoms with Gasteiger partial charge in [0, 0.05) is 45.3 Å². The molecule has 2 aliphatic rings. The van der Waals surface area contributed by atoms with Gasteiger partial charge in [-0.25, -0.2) is 0 Å². The summed E-state index contributed by atoms with van der Waals surface area (Å²) in [5.74, 6) is 1.45. The van der Waals surface area contributed by atoms with E-state index in [1.807, 2.05) is 0 Å². The van der Waals surface area contributed by atoms with Crippen LogP contribution in [0.2, 0.25) is 0 Å². The molecule has 0 saturated carbocycles. The number of aryl methyl sites for hydroxylation is 1. The highest BCUT2D eigenvalue weighted by Crippen LogP contribution is 2.23. The van der Waals surface area contributed by atoms with Gasteiger partial charge in [-0.1, -0.05) is 29.8 Å². The normalized spacial score (nSPS) is 20.6. The summed E-state index contributed by atoms with van der Waals surface area (Å²) >= 11 is 0. The van der Waals surface area contributed by atoms with Crippen LogP contribution < -0.4 is 10.6 Å². The third-order valence-electron chi connectivity index (χ3n) is 5.82. The molecule has 3 rings (SSSR count). The summed E-state index contributed by atoms with van der Waals surface area (Å²) < 4.78 is 16.8. The first kappa shape index (κ1) is 27.3. The molecular weight excluding hydrogens is 519 g/mol. The number of morpholine rings is 1. The molecule has 182 valence electrons. The van der Waals surface area contributed by atoms with Gasteiger partial charge in [-0.3, -0.25) is 9.89 Å². The van der Waals surface area contributed by atoms with Gasteiger partial charge in [0.15, 0.2) is 5.96 Å². The van der Waals surface area contributed by atoms with Crippen LogP contribution in [0.25, 0.3) is 0 Å². The van der Waals surface area contributed by atoms with Crippen LogP contribution in [0.15, 0.2) is 29.3 Å². The van der Waals surface area contributed by atoms with E-state index in [1.54, 1.807) is 0 Å². The predicted octanol–water partition coefficient (Wildman–Crippen LogP) is 2.98. The number of guanidine groups is 1. The molecule has 0 aromatic heterocycles. The second-order valence-corrected chi connectivity index (χ2v) is 8.38. The van der Waals surface area contributed by atoms with Gasteiger partial charge < -0.3 is 24.8 Å². The number of nitrogens with zero attached hydrogens (tertiary/aromatic N) is 2. The lowest BCUT2D eigenvalue weighted by molar-refractivity contribution is 0.0179. The van der Waals surface area contributed by atoms with Crippen LogP contribution >= 0.6 is 24.0 Å². The van der Waals surface area contributed by atoms with Crippen molar-refractivity contribution in [2.24, 2.45) is 10.9 Å². The van der Waals surface area contributed by atoms with Gasteiger partial charge in [-0.05, 0) is 32.3 Å². The predicted molar refractivity (Wildman–Crippen MR) is 140 cm³/mol. The van der Waals surface area contributed by atoms with Crippen LogP contribution in [0.3, 0.4) is 0 Å². The molecule has 0 bridgehead atoms. The zero-order valence-corrected chi connectivity index (χ0v) is 22.0. The average Bonchev–Trinajstić information content (AvgIpc) is 3.30. The fourth-order valence-electron chi connectivity index (χ4n) is 4.06. The van der Waals surface area contributed by atoms with Gasteiger partial charge in [0.2, 0.25) is 0 Å². The fourth-order valence-corrected chi connectivity index (χ4v) is 4.06. The van der Waals surface area contributed by atoms with Gasteiger partial charge in [0.25, 0.3) is 0 Å². The molecular formula is C24H41IN4O3. The van der Waals surface area contributed by atoms with Gasteiger partial charge in [0.05, 0.1) is 39.0 Å². The zero-order valence-electron chi connectivity index (χ0n) is 19.7. The number of aliphatic imine (C=N–C) groups is 1. The number of ether oxygens (including phenoxy) is 3. The summed E-state index contributed by atoms with van der Waals surface area (Å²) in [7, 11) is 0. The number of hydrogen-bond acceptors (Lipinski definition) is 5. The summed E-state index contributed by atoms with van der Waals surface area (Å²) in [6.07, 6.45) is 2.09. The lowest BCUT2D eigenvalue weighted by Gasteiger charge is -2.34. The maximum atomic E-state index is 5.81. The first-order chi connectivity index (χ1) is 15.3. The van der Waals surface area contributed by atoms with E-state index >= 15 is 0 Å². The Morgan fingerprint density at radius 3 is 2.78 bits per heavy atom. The molecule has 0 spiro atoms. The van der Waals surface area contributed by atoms with Crippen LogP contribution in [-0.4, -0.2) is 83.2 Å². The van der Waals surface area contributed by atoms with Crippen molar-refractivity contribution in [3.05, 3.63) is 35.4 Å². The largest absolute Gasteiger partial charge is 0.381 e. The maximum absolute atomic E-state index is 5.81. The van der Waals surface area contributed by atoms with Crippen molar-refractivity contribution >= 4 is 29.9 Å². The molecule has 2 saturated heterocycles. The molecule has 8 heteroatoms. The Morgan fingerprint density at radius 1 is 1.22 bits per heavy atom. The summed E-state index contributed by atoms with van der Waals surface area (Å²) in [4.78, 5) is 7.42. The highest BCUT2D eigenvalue weighted by Gasteiger charge is 2.22. The van der Waals surface area contributed by atoms with Gasteiger partial charge in [-0.15, -0.1) is 24.0 Å². The molecule has 2 N–H and O–H groups in total. The third kappa shape index (κ3) is 9.51. The Labute approximate surface area is 210 Å². The summed E-state index contributed by atoms with van der Waals surface area (Å²) in [5, 5.41) is 6.84. The van der Waals surface area contributed by atoms with Crippen LogP contribution in [-0.2, 0) is 14.2 Å². The Morgan fingerprint density at radius 2 is 2.06 bits per heavy atom. The number of halogens is 1. The van der Waals surface area contributed by atoms with E-state index < -0.39 is 0 Å². The van der Waals surface area contributed by atoms with E-state index in [4.69, 9.17) is 19.2 Å². The van der Waals surface area contributed by atoms with E-state index in [2.05, 4.69) is 53.6 Å². The first-order valence-electron chi connectivity index (χ1n) is 11.8. The quantitative estimate of drug-likeness (QED) is 0.188. The number of rotatable bonds is 11. The van der Waals surface area contributed by atoms with Crippen LogP contribution in [0.5, 0.6) is 0 Å². The Balaban J connectivity index is 0.00000363. The van der Waals surface area contributed by atoms with Crippen LogP contribution in [0.4, 0.5) is 0 Å². The topological polar surface area (TPSA) is 67.4 Å². The van der Waals surface area contributed by atoms with Gasteiger partial charge >= 0.3 is 0 Å². The van der Waals surface area contributed by atoms with Crippen molar-refractivity contribution in [3.8, 4) is 0 Å². The molecule has 0 amide bonds. The number of nitrogens with one attached hydrogen (secondary N) is 2. The van der Waals surface area contributed by atoms with Crippen molar-refractivity contribution in [1.29, 1.82) is 0 Å². The second-order valence-electron chi connectivity index (χ2n) is 8.38. The minimum absolute atomic E-state index is 0. The van der Waals surface area contributed by atoms with E-state index in [-0.39, 0.29) is 30.0 Å². The van der Waals surface area contributed by atoms with E-state index in [0.29, 0.717) is 5.92 Å². The number of benzene rings is 1. The van der Waals surface area contributed by atoms with Crippen LogP contribution in [0.1, 0.15) is 36.9 Å². The SMILES string of the molecule is CCNC(=NCC(c1cccc(C)c1)N1CCOCC1)NCCCOCC1CCOC1.I. The molecule has 0 radical (unpaired) electrons. The zero-order chi connectivity index (χ0) is 21.7. The van der Waals surface area contributed by atoms with Crippen LogP contribution in [0, 0.1) is 12.8 Å². The fraction of sp³-hybridized carbons (Fsp3) is 0.708. The van der Waals surface area contributed by atoms with Crippen molar-refractivity contribution in [2.75, 3.05) is 72.4 Å². The molecule has 1 aromatic rings. The lowest BCUT2D eigenvalue weighted by atomic mass is 10.0. The van der Waals surface area contributed by atoms with Gasteiger partial charge in [-0.2, -0.15) is 0 Å². The van der Waals surface area contributed by atoms with E-state index in [9.17, 15) is 0 Å². The molecule has 7 nitrogen and oxygen atoms in total. The van der Waals surface area contributed by atoms with Crippen molar-refractivity contribution in [1.82, 2.24) is 15.5 Å². The molecule has 1 aromatic carbocycles.